The van der Waals surface area contributed by atoms with Crippen molar-refractivity contribution in [1.29, 1.82) is 0 Å². The zero-order chi connectivity index (χ0) is 16.3. The predicted octanol–water partition coefficient (Wildman–Crippen LogP) is 2.24. The Hall–Kier alpha value is -1.10. The van der Waals surface area contributed by atoms with Crippen molar-refractivity contribution in [2.45, 2.75) is 65.8 Å². The quantitative estimate of drug-likeness (QED) is 0.815. The van der Waals surface area contributed by atoms with Crippen LogP contribution in [-0.2, 0) is 9.59 Å². The summed E-state index contributed by atoms with van der Waals surface area (Å²) in [6.45, 7) is 9.30. The van der Waals surface area contributed by atoms with Crippen LogP contribution in [-0.4, -0.2) is 41.0 Å². The topological polar surface area (TPSA) is 83.6 Å². The first kappa shape index (κ1) is 18.0. The van der Waals surface area contributed by atoms with Crippen molar-refractivity contribution in [3.63, 3.8) is 0 Å². The predicted molar refractivity (Wildman–Crippen MR) is 82.8 cm³/mol. The molecule has 1 fully saturated rings. The molecule has 1 rings (SSSR count). The fourth-order valence-corrected chi connectivity index (χ4v) is 3.11. The van der Waals surface area contributed by atoms with Crippen LogP contribution in [0.25, 0.3) is 0 Å². The van der Waals surface area contributed by atoms with Crippen LogP contribution in [0, 0.1) is 10.8 Å². The van der Waals surface area contributed by atoms with Gasteiger partial charge in [-0.15, -0.1) is 0 Å². The van der Waals surface area contributed by atoms with E-state index in [1.54, 1.807) is 4.90 Å². The number of aliphatic carboxylic acids is 1. The molecular formula is C16H30N2O3. The minimum absolute atomic E-state index is 0.0573. The number of rotatable bonds is 5. The van der Waals surface area contributed by atoms with Crippen molar-refractivity contribution in [2.75, 3.05) is 13.1 Å². The zero-order valence-electron chi connectivity index (χ0n) is 13.8. The first-order valence-electron chi connectivity index (χ1n) is 7.86. The molecule has 1 atom stereocenters. The lowest BCUT2D eigenvalue weighted by atomic mass is 9.76. The Kier molecular flexibility index (Phi) is 5.79. The molecule has 122 valence electrons. The van der Waals surface area contributed by atoms with Crippen molar-refractivity contribution >= 4 is 11.9 Å². The van der Waals surface area contributed by atoms with E-state index < -0.39 is 11.4 Å². The number of amides is 1. The average molecular weight is 298 g/mol. The van der Waals surface area contributed by atoms with Crippen LogP contribution >= 0.6 is 0 Å². The number of likely N-dealkylation sites (tertiary alicyclic amines) is 1. The summed E-state index contributed by atoms with van der Waals surface area (Å²) in [5.74, 6) is -0.677. The molecule has 0 aromatic heterocycles. The maximum Gasteiger partial charge on any atom is 0.309 e. The number of hydrogen-bond donors (Lipinski definition) is 2. The highest BCUT2D eigenvalue weighted by molar-refractivity contribution is 5.78. The number of carbonyl (C=O) groups is 2. The maximum atomic E-state index is 12.3. The van der Waals surface area contributed by atoms with Crippen molar-refractivity contribution in [3.8, 4) is 0 Å². The molecule has 1 heterocycles. The molecule has 0 aliphatic carbocycles. The molecule has 1 saturated heterocycles. The number of nitrogens with zero attached hydrogens (tertiary/aromatic N) is 1. The van der Waals surface area contributed by atoms with Gasteiger partial charge >= 0.3 is 5.97 Å². The Morgan fingerprint density at radius 1 is 1.29 bits per heavy atom. The third-order valence-electron chi connectivity index (χ3n) is 4.52. The standard InChI is InChI=1S/C16H30N2O3/c1-5-16(14(20)21)6-8-18(9-7-16)13(19)10-12(17)11-15(2,3)4/h12H,5-11,17H2,1-4H3,(H,20,21). The van der Waals surface area contributed by atoms with Crippen LogP contribution in [0.15, 0.2) is 0 Å². The summed E-state index contributed by atoms with van der Waals surface area (Å²) < 4.78 is 0. The molecule has 3 N–H and O–H groups in total. The summed E-state index contributed by atoms with van der Waals surface area (Å²) in [6.07, 6.45) is 2.86. The van der Waals surface area contributed by atoms with Gasteiger partial charge in [-0.3, -0.25) is 9.59 Å². The van der Waals surface area contributed by atoms with Crippen molar-refractivity contribution in [2.24, 2.45) is 16.6 Å². The van der Waals surface area contributed by atoms with Gasteiger partial charge in [0.25, 0.3) is 0 Å². The Bertz CT molecular complexity index is 379. The van der Waals surface area contributed by atoms with Gasteiger partial charge in [0.1, 0.15) is 0 Å². The van der Waals surface area contributed by atoms with Crippen LogP contribution in [0.5, 0.6) is 0 Å². The monoisotopic (exact) mass is 298 g/mol. The summed E-state index contributed by atoms with van der Waals surface area (Å²) in [7, 11) is 0. The molecule has 0 aromatic carbocycles. The summed E-state index contributed by atoms with van der Waals surface area (Å²) >= 11 is 0. The third kappa shape index (κ3) is 4.99. The highest BCUT2D eigenvalue weighted by Gasteiger charge is 2.40. The van der Waals surface area contributed by atoms with E-state index >= 15 is 0 Å². The van der Waals surface area contributed by atoms with E-state index in [0.29, 0.717) is 38.8 Å². The highest BCUT2D eigenvalue weighted by Crippen LogP contribution is 2.35. The number of carbonyl (C=O) groups excluding carboxylic acids is 1. The lowest BCUT2D eigenvalue weighted by Gasteiger charge is -2.38. The molecule has 0 aromatic rings. The number of piperidine rings is 1. The Balaban J connectivity index is 2.51. The molecule has 1 amide bonds. The summed E-state index contributed by atoms with van der Waals surface area (Å²) in [5.41, 5.74) is 5.52. The molecule has 0 saturated carbocycles. The van der Waals surface area contributed by atoms with Crippen LogP contribution < -0.4 is 5.73 Å². The first-order valence-corrected chi connectivity index (χ1v) is 7.86. The summed E-state index contributed by atoms with van der Waals surface area (Å²) in [6, 6.07) is -0.130. The van der Waals surface area contributed by atoms with Gasteiger partial charge in [0.15, 0.2) is 0 Å². The number of carboxylic acid groups (broad SMARTS) is 1. The molecule has 0 spiro atoms. The van der Waals surface area contributed by atoms with Crippen molar-refractivity contribution in [3.05, 3.63) is 0 Å². The molecular weight excluding hydrogens is 268 g/mol. The van der Waals surface area contributed by atoms with Gasteiger partial charge < -0.3 is 15.7 Å². The normalized spacial score (nSPS) is 20.1. The summed E-state index contributed by atoms with van der Waals surface area (Å²) in [4.78, 5) is 25.4. The van der Waals surface area contributed by atoms with E-state index in [9.17, 15) is 14.7 Å². The van der Waals surface area contributed by atoms with E-state index in [4.69, 9.17) is 5.73 Å². The van der Waals surface area contributed by atoms with Gasteiger partial charge in [-0.2, -0.15) is 0 Å². The van der Waals surface area contributed by atoms with Crippen LogP contribution in [0.2, 0.25) is 0 Å². The molecule has 1 aliphatic heterocycles. The van der Waals surface area contributed by atoms with E-state index in [2.05, 4.69) is 20.8 Å². The van der Waals surface area contributed by atoms with Crippen LogP contribution in [0.3, 0.4) is 0 Å². The highest BCUT2D eigenvalue weighted by atomic mass is 16.4. The molecule has 5 nitrogen and oxygen atoms in total. The minimum atomic E-state index is -0.735. The fourth-order valence-electron chi connectivity index (χ4n) is 3.11. The second-order valence-corrected chi connectivity index (χ2v) is 7.55. The summed E-state index contributed by atoms with van der Waals surface area (Å²) in [5, 5.41) is 9.36. The lowest BCUT2D eigenvalue weighted by molar-refractivity contribution is -0.154. The fraction of sp³-hybridized carbons (Fsp3) is 0.875. The average Bonchev–Trinajstić information content (AvgIpc) is 2.36. The van der Waals surface area contributed by atoms with E-state index in [-0.39, 0.29) is 17.4 Å². The van der Waals surface area contributed by atoms with Crippen molar-refractivity contribution < 1.29 is 14.7 Å². The first-order chi connectivity index (χ1) is 9.59. The molecule has 1 unspecified atom stereocenters. The lowest BCUT2D eigenvalue weighted by Crippen LogP contribution is -2.47. The van der Waals surface area contributed by atoms with Crippen LogP contribution in [0.1, 0.15) is 59.8 Å². The van der Waals surface area contributed by atoms with Crippen molar-refractivity contribution in [1.82, 2.24) is 4.90 Å². The van der Waals surface area contributed by atoms with Gasteiger partial charge in [-0.05, 0) is 31.1 Å². The Morgan fingerprint density at radius 2 is 1.81 bits per heavy atom. The molecule has 1 aliphatic rings. The van der Waals surface area contributed by atoms with Crippen LogP contribution in [0.4, 0.5) is 0 Å². The second kappa shape index (κ2) is 6.77. The Morgan fingerprint density at radius 3 is 2.19 bits per heavy atom. The smallest absolute Gasteiger partial charge is 0.309 e. The van der Waals surface area contributed by atoms with Gasteiger partial charge in [0.2, 0.25) is 5.91 Å². The SMILES string of the molecule is CCC1(C(=O)O)CCN(C(=O)CC(N)CC(C)(C)C)CC1. The number of hydrogen-bond acceptors (Lipinski definition) is 3. The number of nitrogens with two attached hydrogens (primary N) is 1. The molecule has 0 bridgehead atoms. The zero-order valence-corrected chi connectivity index (χ0v) is 13.8. The van der Waals surface area contributed by atoms with E-state index in [1.165, 1.54) is 0 Å². The van der Waals surface area contributed by atoms with Gasteiger partial charge in [0, 0.05) is 25.6 Å². The minimum Gasteiger partial charge on any atom is -0.481 e. The van der Waals surface area contributed by atoms with Gasteiger partial charge in [-0.25, -0.2) is 0 Å². The second-order valence-electron chi connectivity index (χ2n) is 7.55. The molecule has 0 radical (unpaired) electrons. The van der Waals surface area contributed by atoms with E-state index in [0.717, 1.165) is 6.42 Å². The maximum absolute atomic E-state index is 12.3. The third-order valence-corrected chi connectivity index (χ3v) is 4.52. The molecule has 21 heavy (non-hydrogen) atoms. The Labute approximate surface area is 127 Å². The van der Waals surface area contributed by atoms with E-state index in [1.807, 2.05) is 6.92 Å². The molecule has 5 heteroatoms. The van der Waals surface area contributed by atoms with Gasteiger partial charge in [0.05, 0.1) is 5.41 Å². The van der Waals surface area contributed by atoms with Gasteiger partial charge in [-0.1, -0.05) is 27.7 Å². The number of carboxylic acids is 1. The largest absolute Gasteiger partial charge is 0.481 e.